The second-order valence-corrected chi connectivity index (χ2v) is 4.62. The monoisotopic (exact) mass is 310 g/mol. The van der Waals surface area contributed by atoms with Gasteiger partial charge in [-0.15, -0.1) is 0 Å². The largest absolute Gasteiger partial charge is 0.392 e. The fourth-order valence-corrected chi connectivity index (χ4v) is 2.27. The number of benzene rings is 2. The molecular formula is C13H11IO. The highest BCUT2D eigenvalue weighted by molar-refractivity contribution is 14.1. The van der Waals surface area contributed by atoms with Gasteiger partial charge in [0.2, 0.25) is 0 Å². The number of aliphatic hydroxyl groups is 1. The van der Waals surface area contributed by atoms with E-state index in [9.17, 15) is 0 Å². The first-order chi connectivity index (χ1) is 7.29. The van der Waals surface area contributed by atoms with Crippen LogP contribution in [-0.2, 0) is 6.61 Å². The van der Waals surface area contributed by atoms with Gasteiger partial charge < -0.3 is 5.11 Å². The van der Waals surface area contributed by atoms with Crippen molar-refractivity contribution < 1.29 is 5.11 Å². The Morgan fingerprint density at radius 2 is 1.67 bits per heavy atom. The molecule has 0 amide bonds. The lowest BCUT2D eigenvalue weighted by Crippen LogP contribution is -1.87. The molecule has 15 heavy (non-hydrogen) atoms. The first kappa shape index (κ1) is 10.6. The Hall–Kier alpha value is -0.870. The van der Waals surface area contributed by atoms with Crippen LogP contribution < -0.4 is 0 Å². The van der Waals surface area contributed by atoms with Crippen LogP contribution in [0.2, 0.25) is 0 Å². The molecule has 1 nitrogen and oxygen atoms in total. The van der Waals surface area contributed by atoms with Gasteiger partial charge in [-0.1, -0.05) is 30.3 Å². The van der Waals surface area contributed by atoms with Crippen molar-refractivity contribution in [1.82, 2.24) is 0 Å². The molecule has 2 heteroatoms. The summed E-state index contributed by atoms with van der Waals surface area (Å²) in [6.45, 7) is 0.0939. The van der Waals surface area contributed by atoms with Gasteiger partial charge in [-0.2, -0.15) is 0 Å². The Kier molecular flexibility index (Phi) is 3.38. The van der Waals surface area contributed by atoms with Crippen molar-refractivity contribution in [3.63, 3.8) is 0 Å². The normalized spacial score (nSPS) is 10.3. The lowest BCUT2D eigenvalue weighted by molar-refractivity contribution is 0.282. The predicted molar refractivity (Wildman–Crippen MR) is 70.5 cm³/mol. The van der Waals surface area contributed by atoms with Gasteiger partial charge >= 0.3 is 0 Å². The minimum absolute atomic E-state index is 0.0939. The van der Waals surface area contributed by atoms with Crippen LogP contribution in [0.5, 0.6) is 0 Å². The molecule has 0 aliphatic heterocycles. The van der Waals surface area contributed by atoms with Gasteiger partial charge in [0, 0.05) is 3.57 Å². The summed E-state index contributed by atoms with van der Waals surface area (Å²) in [5.41, 5.74) is 3.30. The molecule has 0 heterocycles. The average molecular weight is 310 g/mol. The smallest absolute Gasteiger partial charge is 0.0682 e. The number of halogens is 1. The van der Waals surface area contributed by atoms with Gasteiger partial charge in [0.15, 0.2) is 0 Å². The molecule has 0 unspecified atom stereocenters. The highest BCUT2D eigenvalue weighted by Gasteiger charge is 2.00. The van der Waals surface area contributed by atoms with E-state index in [1.54, 1.807) is 0 Å². The van der Waals surface area contributed by atoms with Crippen LogP contribution >= 0.6 is 22.6 Å². The highest BCUT2D eigenvalue weighted by atomic mass is 127. The van der Waals surface area contributed by atoms with E-state index < -0.39 is 0 Å². The third kappa shape index (κ3) is 2.58. The molecule has 2 rings (SSSR count). The summed E-state index contributed by atoms with van der Waals surface area (Å²) in [5.74, 6) is 0. The molecule has 0 spiro atoms. The summed E-state index contributed by atoms with van der Waals surface area (Å²) in [4.78, 5) is 0. The molecule has 0 saturated heterocycles. The van der Waals surface area contributed by atoms with Gasteiger partial charge in [0.1, 0.15) is 0 Å². The third-order valence-corrected chi connectivity index (χ3v) is 2.87. The first-order valence-corrected chi connectivity index (χ1v) is 5.83. The maximum absolute atomic E-state index is 9.13. The molecule has 76 valence electrons. The van der Waals surface area contributed by atoms with E-state index in [1.807, 2.05) is 30.3 Å². The maximum atomic E-state index is 9.13. The Morgan fingerprint density at radius 3 is 2.33 bits per heavy atom. The zero-order valence-corrected chi connectivity index (χ0v) is 10.3. The summed E-state index contributed by atoms with van der Waals surface area (Å²) >= 11 is 2.27. The number of rotatable bonds is 2. The Bertz CT molecular complexity index is 451. The summed E-state index contributed by atoms with van der Waals surface area (Å²) < 4.78 is 1.15. The van der Waals surface area contributed by atoms with Crippen molar-refractivity contribution in [3.8, 4) is 11.1 Å². The van der Waals surface area contributed by atoms with Gasteiger partial charge in [0.25, 0.3) is 0 Å². The fourth-order valence-electron chi connectivity index (χ4n) is 1.54. The SMILES string of the molecule is OCc1cc(I)cc(-c2ccccc2)c1. The van der Waals surface area contributed by atoms with Crippen LogP contribution in [0.15, 0.2) is 48.5 Å². The van der Waals surface area contributed by atoms with Gasteiger partial charge in [0.05, 0.1) is 6.61 Å². The first-order valence-electron chi connectivity index (χ1n) is 4.75. The Labute approximate surface area is 103 Å². The summed E-state index contributed by atoms with van der Waals surface area (Å²) in [7, 11) is 0. The van der Waals surface area contributed by atoms with Gasteiger partial charge in [-0.25, -0.2) is 0 Å². The van der Waals surface area contributed by atoms with Crippen LogP contribution in [0.4, 0.5) is 0 Å². The van der Waals surface area contributed by atoms with Crippen LogP contribution in [0.25, 0.3) is 11.1 Å². The standard InChI is InChI=1S/C13H11IO/c14-13-7-10(9-15)6-12(8-13)11-4-2-1-3-5-11/h1-8,15H,9H2. The molecular weight excluding hydrogens is 299 g/mol. The number of hydrogen-bond donors (Lipinski definition) is 1. The van der Waals surface area contributed by atoms with Crippen molar-refractivity contribution in [2.24, 2.45) is 0 Å². The lowest BCUT2D eigenvalue weighted by Gasteiger charge is -2.05. The topological polar surface area (TPSA) is 20.2 Å². The summed E-state index contributed by atoms with van der Waals surface area (Å²) in [6, 6.07) is 16.3. The van der Waals surface area contributed by atoms with Crippen molar-refractivity contribution in [1.29, 1.82) is 0 Å². The molecule has 0 fully saturated rings. The number of aliphatic hydroxyl groups excluding tert-OH is 1. The molecule has 1 N–H and O–H groups in total. The quantitative estimate of drug-likeness (QED) is 0.842. The minimum atomic E-state index is 0.0939. The van der Waals surface area contributed by atoms with E-state index >= 15 is 0 Å². The molecule has 0 saturated carbocycles. The average Bonchev–Trinajstić information content (AvgIpc) is 2.29. The van der Waals surface area contributed by atoms with Crippen LogP contribution in [0.1, 0.15) is 5.56 Å². The van der Waals surface area contributed by atoms with Crippen LogP contribution in [-0.4, -0.2) is 5.11 Å². The number of hydrogen-bond acceptors (Lipinski definition) is 1. The molecule has 2 aromatic rings. The van der Waals surface area contributed by atoms with E-state index in [0.717, 1.165) is 14.7 Å². The van der Waals surface area contributed by atoms with Crippen molar-refractivity contribution in [3.05, 3.63) is 57.7 Å². The Balaban J connectivity index is 2.49. The van der Waals surface area contributed by atoms with E-state index in [-0.39, 0.29) is 6.61 Å². The minimum Gasteiger partial charge on any atom is -0.392 e. The lowest BCUT2D eigenvalue weighted by atomic mass is 10.0. The predicted octanol–water partition coefficient (Wildman–Crippen LogP) is 3.45. The Morgan fingerprint density at radius 1 is 0.933 bits per heavy atom. The zero-order chi connectivity index (χ0) is 10.7. The molecule has 0 aliphatic carbocycles. The second-order valence-electron chi connectivity index (χ2n) is 3.37. The van der Waals surface area contributed by atoms with Crippen molar-refractivity contribution in [2.75, 3.05) is 0 Å². The van der Waals surface area contributed by atoms with Crippen molar-refractivity contribution in [2.45, 2.75) is 6.61 Å². The molecule has 0 aliphatic rings. The molecule has 0 bridgehead atoms. The summed E-state index contributed by atoms with van der Waals surface area (Å²) in [5, 5.41) is 9.13. The van der Waals surface area contributed by atoms with Crippen molar-refractivity contribution >= 4 is 22.6 Å². The zero-order valence-electron chi connectivity index (χ0n) is 8.15. The highest BCUT2D eigenvalue weighted by Crippen LogP contribution is 2.23. The van der Waals surface area contributed by atoms with E-state index in [1.165, 1.54) is 5.56 Å². The van der Waals surface area contributed by atoms with E-state index in [2.05, 4.69) is 40.8 Å². The molecule has 2 aromatic carbocycles. The van der Waals surface area contributed by atoms with Gasteiger partial charge in [-0.05, 0) is 57.5 Å². The van der Waals surface area contributed by atoms with Crippen LogP contribution in [0.3, 0.4) is 0 Å². The fraction of sp³-hybridized carbons (Fsp3) is 0.0769. The maximum Gasteiger partial charge on any atom is 0.0682 e. The second kappa shape index (κ2) is 4.77. The van der Waals surface area contributed by atoms with Gasteiger partial charge in [-0.3, -0.25) is 0 Å². The molecule has 0 atom stereocenters. The van der Waals surface area contributed by atoms with E-state index in [0.29, 0.717) is 0 Å². The van der Waals surface area contributed by atoms with Crippen LogP contribution in [0, 0.1) is 3.57 Å². The molecule has 0 aromatic heterocycles. The summed E-state index contributed by atoms with van der Waals surface area (Å²) in [6.07, 6.45) is 0. The van der Waals surface area contributed by atoms with E-state index in [4.69, 9.17) is 5.11 Å². The molecule has 0 radical (unpaired) electrons. The third-order valence-electron chi connectivity index (χ3n) is 2.25.